The van der Waals surface area contributed by atoms with E-state index in [0.717, 1.165) is 0 Å². The Labute approximate surface area is 74.7 Å². The van der Waals surface area contributed by atoms with Crippen molar-refractivity contribution in [1.29, 1.82) is 0 Å². The summed E-state index contributed by atoms with van der Waals surface area (Å²) in [6.07, 6.45) is 0. The topological polar surface area (TPSA) is 104 Å². The van der Waals surface area contributed by atoms with Crippen molar-refractivity contribution in [3.8, 4) is 0 Å². The van der Waals surface area contributed by atoms with Crippen molar-refractivity contribution in [3.05, 3.63) is 0 Å². The normalized spacial score (nSPS) is 19.0. The maximum Gasteiger partial charge on any atom is 0.0881 e. The molecule has 0 fully saturated rings. The SMILES string of the molecule is CC(C)(C)C(N)(N)C(C)(N)CN. The summed E-state index contributed by atoms with van der Waals surface area (Å²) in [6, 6.07) is 0. The van der Waals surface area contributed by atoms with Crippen molar-refractivity contribution in [2.24, 2.45) is 28.3 Å². The van der Waals surface area contributed by atoms with Crippen LogP contribution >= 0.6 is 0 Å². The zero-order valence-corrected chi connectivity index (χ0v) is 8.52. The van der Waals surface area contributed by atoms with Gasteiger partial charge in [-0.05, 0) is 12.3 Å². The van der Waals surface area contributed by atoms with Crippen LogP contribution in [0.4, 0.5) is 0 Å². The van der Waals surface area contributed by atoms with Crippen molar-refractivity contribution in [2.75, 3.05) is 6.54 Å². The van der Waals surface area contributed by atoms with Gasteiger partial charge in [0.2, 0.25) is 0 Å². The summed E-state index contributed by atoms with van der Waals surface area (Å²) in [5, 5.41) is 0. The minimum absolute atomic E-state index is 0.268. The van der Waals surface area contributed by atoms with E-state index in [2.05, 4.69) is 0 Å². The molecule has 74 valence electrons. The molecule has 0 aromatic heterocycles. The molecule has 4 nitrogen and oxygen atoms in total. The van der Waals surface area contributed by atoms with E-state index < -0.39 is 11.2 Å². The van der Waals surface area contributed by atoms with Crippen molar-refractivity contribution >= 4 is 0 Å². The first-order valence-corrected chi connectivity index (χ1v) is 4.13. The summed E-state index contributed by atoms with van der Waals surface area (Å²) in [5.41, 5.74) is 21.3. The van der Waals surface area contributed by atoms with Crippen LogP contribution in [0.5, 0.6) is 0 Å². The summed E-state index contributed by atoms with van der Waals surface area (Å²) < 4.78 is 0. The van der Waals surface area contributed by atoms with Gasteiger partial charge in [0.05, 0.1) is 11.2 Å². The van der Waals surface area contributed by atoms with Gasteiger partial charge in [-0.3, -0.25) is 0 Å². The van der Waals surface area contributed by atoms with Crippen molar-refractivity contribution < 1.29 is 0 Å². The quantitative estimate of drug-likeness (QED) is 0.416. The first kappa shape index (κ1) is 11.8. The van der Waals surface area contributed by atoms with Gasteiger partial charge in [0.15, 0.2) is 0 Å². The number of hydrogen-bond donors (Lipinski definition) is 4. The van der Waals surface area contributed by atoms with Crippen molar-refractivity contribution in [1.82, 2.24) is 0 Å². The van der Waals surface area contributed by atoms with Crippen LogP contribution in [0.2, 0.25) is 0 Å². The molecule has 0 bridgehead atoms. The third-order valence-electron chi connectivity index (χ3n) is 2.61. The highest BCUT2D eigenvalue weighted by molar-refractivity contribution is 5.07. The molecular weight excluding hydrogens is 152 g/mol. The van der Waals surface area contributed by atoms with E-state index in [4.69, 9.17) is 22.9 Å². The summed E-state index contributed by atoms with van der Waals surface area (Å²) in [4.78, 5) is 0. The van der Waals surface area contributed by atoms with Crippen molar-refractivity contribution in [2.45, 2.75) is 38.9 Å². The summed E-state index contributed by atoms with van der Waals surface area (Å²) >= 11 is 0. The Kier molecular flexibility index (Phi) is 2.92. The third kappa shape index (κ3) is 1.77. The smallest absolute Gasteiger partial charge is 0.0881 e. The average molecular weight is 174 g/mol. The molecule has 0 aromatic carbocycles. The summed E-state index contributed by atoms with van der Waals surface area (Å²) in [7, 11) is 0. The van der Waals surface area contributed by atoms with Gasteiger partial charge in [0.1, 0.15) is 0 Å². The molecule has 4 heteroatoms. The van der Waals surface area contributed by atoms with E-state index in [1.807, 2.05) is 20.8 Å². The molecule has 8 N–H and O–H groups in total. The molecule has 0 saturated heterocycles. The predicted molar refractivity (Wildman–Crippen MR) is 52.2 cm³/mol. The molecule has 0 heterocycles. The summed E-state index contributed by atoms with van der Waals surface area (Å²) in [6.45, 7) is 7.91. The highest BCUT2D eigenvalue weighted by Crippen LogP contribution is 2.30. The first-order valence-electron chi connectivity index (χ1n) is 4.13. The predicted octanol–water partition coefficient (Wildman–Crippen LogP) is -0.678. The Morgan fingerprint density at radius 2 is 1.25 bits per heavy atom. The van der Waals surface area contributed by atoms with Gasteiger partial charge in [-0.1, -0.05) is 20.8 Å². The summed E-state index contributed by atoms with van der Waals surface area (Å²) in [5.74, 6) is 0. The third-order valence-corrected chi connectivity index (χ3v) is 2.61. The highest BCUT2D eigenvalue weighted by atomic mass is 15.1. The van der Waals surface area contributed by atoms with Gasteiger partial charge in [-0.25, -0.2) is 0 Å². The number of hydrogen-bond acceptors (Lipinski definition) is 4. The zero-order valence-electron chi connectivity index (χ0n) is 8.52. The molecule has 0 aromatic rings. The molecule has 0 spiro atoms. The second-order valence-corrected chi connectivity index (χ2v) is 4.74. The van der Waals surface area contributed by atoms with Gasteiger partial charge in [0, 0.05) is 6.54 Å². The van der Waals surface area contributed by atoms with Crippen molar-refractivity contribution in [3.63, 3.8) is 0 Å². The van der Waals surface area contributed by atoms with E-state index in [1.54, 1.807) is 6.92 Å². The Morgan fingerprint density at radius 3 is 1.33 bits per heavy atom. The minimum Gasteiger partial charge on any atom is -0.329 e. The Morgan fingerprint density at radius 1 is 0.917 bits per heavy atom. The maximum atomic E-state index is 5.95. The average Bonchev–Trinajstić information content (AvgIpc) is 1.85. The van der Waals surface area contributed by atoms with E-state index in [9.17, 15) is 0 Å². The van der Waals surface area contributed by atoms with Crippen LogP contribution in [-0.4, -0.2) is 17.7 Å². The molecule has 0 rings (SSSR count). The fraction of sp³-hybridized carbons (Fsp3) is 1.00. The maximum absolute atomic E-state index is 5.95. The lowest BCUT2D eigenvalue weighted by atomic mass is 9.70. The van der Waals surface area contributed by atoms with Crippen LogP contribution in [0.3, 0.4) is 0 Å². The fourth-order valence-electron chi connectivity index (χ4n) is 1.03. The standard InChI is InChI=1S/C8H22N4/c1-6(2,3)8(11,12)7(4,10)5-9/h5,9-12H2,1-4H3. The van der Waals surface area contributed by atoms with Crippen LogP contribution in [0.25, 0.3) is 0 Å². The molecule has 12 heavy (non-hydrogen) atoms. The molecule has 0 saturated carbocycles. The second-order valence-electron chi connectivity index (χ2n) is 4.74. The van der Waals surface area contributed by atoms with E-state index in [-0.39, 0.29) is 12.0 Å². The number of rotatable bonds is 2. The fourth-order valence-corrected chi connectivity index (χ4v) is 1.03. The minimum atomic E-state index is -0.964. The van der Waals surface area contributed by atoms with Crippen LogP contribution in [0, 0.1) is 5.41 Å². The second kappa shape index (κ2) is 2.96. The highest BCUT2D eigenvalue weighted by Gasteiger charge is 2.46. The number of nitrogens with two attached hydrogens (primary N) is 4. The van der Waals surface area contributed by atoms with Gasteiger partial charge in [-0.15, -0.1) is 0 Å². The molecule has 0 aliphatic carbocycles. The molecule has 0 aliphatic heterocycles. The largest absolute Gasteiger partial charge is 0.329 e. The lowest BCUT2D eigenvalue weighted by Crippen LogP contribution is -2.77. The Balaban J connectivity index is 4.85. The van der Waals surface area contributed by atoms with E-state index >= 15 is 0 Å². The molecular formula is C8H22N4. The van der Waals surface area contributed by atoms with Crippen LogP contribution in [-0.2, 0) is 0 Å². The Bertz CT molecular complexity index is 155. The first-order chi connectivity index (χ1) is 5.06. The van der Waals surface area contributed by atoms with Crippen LogP contribution in [0.1, 0.15) is 27.7 Å². The molecule has 0 aliphatic rings. The zero-order chi connectivity index (χ0) is 10.2. The molecule has 0 radical (unpaired) electrons. The molecule has 0 amide bonds. The van der Waals surface area contributed by atoms with Gasteiger partial charge < -0.3 is 22.9 Å². The van der Waals surface area contributed by atoms with Crippen LogP contribution < -0.4 is 22.9 Å². The Hall–Kier alpha value is -0.160. The molecule has 1 atom stereocenters. The lowest BCUT2D eigenvalue weighted by molar-refractivity contribution is 0.105. The monoisotopic (exact) mass is 174 g/mol. The molecule has 1 unspecified atom stereocenters. The lowest BCUT2D eigenvalue weighted by Gasteiger charge is -2.48. The van der Waals surface area contributed by atoms with Crippen LogP contribution in [0.15, 0.2) is 0 Å². The van der Waals surface area contributed by atoms with Gasteiger partial charge in [-0.2, -0.15) is 0 Å². The van der Waals surface area contributed by atoms with Gasteiger partial charge in [0.25, 0.3) is 0 Å². The van der Waals surface area contributed by atoms with Gasteiger partial charge >= 0.3 is 0 Å². The van der Waals surface area contributed by atoms with E-state index in [1.165, 1.54) is 0 Å². The van der Waals surface area contributed by atoms with E-state index in [0.29, 0.717) is 0 Å².